The van der Waals surface area contributed by atoms with Gasteiger partial charge in [0.25, 0.3) is 10.0 Å². The lowest BCUT2D eigenvalue weighted by Crippen LogP contribution is -2.41. The van der Waals surface area contributed by atoms with E-state index in [1.165, 1.54) is 0 Å². The number of rotatable bonds is 1. The first kappa shape index (κ1) is 12.9. The molecule has 0 spiro atoms. The maximum atomic E-state index is 12.2. The molecule has 2 N–H and O–H groups in total. The van der Waals surface area contributed by atoms with E-state index >= 15 is 0 Å². The number of guanidine groups is 1. The van der Waals surface area contributed by atoms with Crippen LogP contribution < -0.4 is 10.0 Å². The van der Waals surface area contributed by atoms with Crippen LogP contribution in [0.5, 0.6) is 0 Å². The molecule has 5 nitrogen and oxygen atoms in total. The van der Waals surface area contributed by atoms with Crippen LogP contribution in [0.25, 0.3) is 0 Å². The van der Waals surface area contributed by atoms with E-state index in [4.69, 9.17) is 0 Å². The molecule has 1 aromatic rings. The molecule has 6 heteroatoms. The molecular formula is C12H17N3O2S. The third-order valence-corrected chi connectivity index (χ3v) is 4.10. The van der Waals surface area contributed by atoms with Crippen LogP contribution in [0, 0.1) is 13.8 Å². The second-order valence-electron chi connectivity index (χ2n) is 4.76. The molecule has 0 aromatic heterocycles. The fourth-order valence-electron chi connectivity index (χ4n) is 2.05. The molecule has 0 saturated heterocycles. The summed E-state index contributed by atoms with van der Waals surface area (Å²) >= 11 is 0. The molecule has 1 heterocycles. The third-order valence-electron chi connectivity index (χ3n) is 2.56. The number of nitrogens with one attached hydrogen (secondary N) is 2. The molecular weight excluding hydrogens is 250 g/mol. The number of anilines is 1. The fraction of sp³-hybridized carbons (Fsp3) is 0.417. The second kappa shape index (κ2) is 4.28. The molecule has 0 radical (unpaired) electrons. The second-order valence-corrected chi connectivity index (χ2v) is 6.38. The van der Waals surface area contributed by atoms with Gasteiger partial charge in [0.15, 0.2) is 0 Å². The van der Waals surface area contributed by atoms with Gasteiger partial charge in [-0.15, -0.1) is 0 Å². The van der Waals surface area contributed by atoms with Gasteiger partial charge in [0, 0.05) is 6.04 Å². The first-order chi connectivity index (χ1) is 8.29. The number of hydrogen-bond acceptors (Lipinski definition) is 3. The van der Waals surface area contributed by atoms with E-state index in [-0.39, 0.29) is 12.0 Å². The average molecular weight is 267 g/mol. The quantitative estimate of drug-likeness (QED) is 0.814. The number of aliphatic imine (C=N–C) groups is 1. The van der Waals surface area contributed by atoms with Crippen molar-refractivity contribution >= 4 is 21.7 Å². The summed E-state index contributed by atoms with van der Waals surface area (Å²) in [7, 11) is -3.53. The van der Waals surface area contributed by atoms with Crippen molar-refractivity contribution in [2.24, 2.45) is 4.99 Å². The molecule has 1 aliphatic heterocycles. The Morgan fingerprint density at radius 1 is 1.22 bits per heavy atom. The predicted molar refractivity (Wildman–Crippen MR) is 72.4 cm³/mol. The average Bonchev–Trinajstić information content (AvgIpc) is 2.11. The van der Waals surface area contributed by atoms with Gasteiger partial charge in [-0.1, -0.05) is 6.07 Å². The van der Waals surface area contributed by atoms with Gasteiger partial charge in [-0.2, -0.15) is 0 Å². The van der Waals surface area contributed by atoms with Crippen LogP contribution in [-0.2, 0) is 10.0 Å². The highest BCUT2D eigenvalue weighted by Gasteiger charge is 2.28. The van der Waals surface area contributed by atoms with Crippen molar-refractivity contribution in [3.8, 4) is 0 Å². The van der Waals surface area contributed by atoms with Crippen molar-refractivity contribution in [1.29, 1.82) is 0 Å². The summed E-state index contributed by atoms with van der Waals surface area (Å²) in [5.74, 6) is 0.280. The topological polar surface area (TPSA) is 70.6 Å². The lowest BCUT2D eigenvalue weighted by molar-refractivity contribution is 0.591. The first-order valence-corrected chi connectivity index (χ1v) is 7.27. The van der Waals surface area contributed by atoms with Crippen molar-refractivity contribution in [2.45, 2.75) is 38.6 Å². The van der Waals surface area contributed by atoms with Crippen molar-refractivity contribution < 1.29 is 8.42 Å². The Kier molecular flexibility index (Phi) is 3.06. The van der Waals surface area contributed by atoms with Gasteiger partial charge >= 0.3 is 0 Å². The maximum Gasteiger partial charge on any atom is 0.266 e. The van der Waals surface area contributed by atoms with Crippen molar-refractivity contribution in [1.82, 2.24) is 4.72 Å². The van der Waals surface area contributed by atoms with E-state index in [1.807, 2.05) is 32.9 Å². The fourth-order valence-corrected chi connectivity index (χ4v) is 3.39. The summed E-state index contributed by atoms with van der Waals surface area (Å²) in [5, 5.41) is 3.03. The highest BCUT2D eigenvalue weighted by Crippen LogP contribution is 2.29. The Bertz CT molecular complexity index is 618. The Morgan fingerprint density at radius 3 is 2.50 bits per heavy atom. The molecule has 0 amide bonds. The SMILES string of the molecule is Cc1cc(C)c2c(c1)NC(=NC(C)C)NS2(=O)=O. The first-order valence-electron chi connectivity index (χ1n) is 5.78. The summed E-state index contributed by atoms with van der Waals surface area (Å²) in [6.07, 6.45) is 0. The molecule has 0 aliphatic carbocycles. The Hall–Kier alpha value is -1.56. The smallest absolute Gasteiger partial charge is 0.266 e. The molecule has 0 bridgehead atoms. The number of benzene rings is 1. The minimum absolute atomic E-state index is 0.0163. The zero-order chi connectivity index (χ0) is 13.5. The zero-order valence-electron chi connectivity index (χ0n) is 10.9. The van der Waals surface area contributed by atoms with Crippen LogP contribution in [0.3, 0.4) is 0 Å². The molecule has 0 fully saturated rings. The van der Waals surface area contributed by atoms with Crippen LogP contribution in [-0.4, -0.2) is 20.4 Å². The van der Waals surface area contributed by atoms with Gasteiger partial charge in [0.1, 0.15) is 4.90 Å². The van der Waals surface area contributed by atoms with E-state index < -0.39 is 10.0 Å². The van der Waals surface area contributed by atoms with Crippen LogP contribution in [0.2, 0.25) is 0 Å². The Morgan fingerprint density at radius 2 is 1.89 bits per heavy atom. The molecule has 1 aliphatic rings. The van der Waals surface area contributed by atoms with Crippen molar-refractivity contribution in [3.05, 3.63) is 23.3 Å². The minimum Gasteiger partial charge on any atom is -0.324 e. The molecule has 2 rings (SSSR count). The number of sulfonamides is 1. The molecule has 0 atom stereocenters. The van der Waals surface area contributed by atoms with Gasteiger partial charge in [-0.25, -0.2) is 18.1 Å². The summed E-state index contributed by atoms with van der Waals surface area (Å²) in [6.45, 7) is 7.50. The molecule has 0 saturated carbocycles. The summed E-state index contributed by atoms with van der Waals surface area (Å²) in [6, 6.07) is 3.68. The normalized spacial score (nSPS) is 19.3. The van der Waals surface area contributed by atoms with E-state index in [0.717, 1.165) is 11.1 Å². The third kappa shape index (κ3) is 2.33. The lowest BCUT2D eigenvalue weighted by Gasteiger charge is -2.24. The zero-order valence-corrected chi connectivity index (χ0v) is 11.7. The van der Waals surface area contributed by atoms with Gasteiger partial charge in [0.2, 0.25) is 5.96 Å². The number of nitrogens with zero attached hydrogens (tertiary/aromatic N) is 1. The van der Waals surface area contributed by atoms with Gasteiger partial charge in [0.05, 0.1) is 5.69 Å². The minimum atomic E-state index is -3.53. The lowest BCUT2D eigenvalue weighted by atomic mass is 10.1. The summed E-state index contributed by atoms with van der Waals surface area (Å²) in [4.78, 5) is 4.51. The Balaban J connectivity index is 2.61. The maximum absolute atomic E-state index is 12.2. The molecule has 1 aromatic carbocycles. The van der Waals surface area contributed by atoms with E-state index in [0.29, 0.717) is 10.6 Å². The Labute approximate surface area is 107 Å². The highest BCUT2D eigenvalue weighted by atomic mass is 32.2. The van der Waals surface area contributed by atoms with Gasteiger partial charge < -0.3 is 5.32 Å². The van der Waals surface area contributed by atoms with Crippen LogP contribution in [0.4, 0.5) is 5.69 Å². The number of hydrogen-bond donors (Lipinski definition) is 2. The molecule has 0 unspecified atom stereocenters. The van der Waals surface area contributed by atoms with Crippen molar-refractivity contribution in [3.63, 3.8) is 0 Å². The van der Waals surface area contributed by atoms with Crippen LogP contribution in [0.1, 0.15) is 25.0 Å². The largest absolute Gasteiger partial charge is 0.324 e. The standard InChI is InChI=1S/C12H17N3O2S/c1-7(2)13-12-14-10-6-8(3)5-9(4)11(10)18(16,17)15-12/h5-7H,1-4H3,(H2,13,14,15). The van der Waals surface area contributed by atoms with Gasteiger partial charge in [-0.05, 0) is 44.9 Å². The highest BCUT2D eigenvalue weighted by molar-refractivity contribution is 7.90. The van der Waals surface area contributed by atoms with E-state index in [2.05, 4.69) is 15.0 Å². The van der Waals surface area contributed by atoms with Crippen LogP contribution in [0.15, 0.2) is 22.0 Å². The molecule has 18 heavy (non-hydrogen) atoms. The van der Waals surface area contributed by atoms with Gasteiger partial charge in [-0.3, -0.25) is 0 Å². The number of fused-ring (bicyclic) bond motifs is 1. The predicted octanol–water partition coefficient (Wildman–Crippen LogP) is 1.77. The molecule has 98 valence electrons. The number of aryl methyl sites for hydroxylation is 2. The van der Waals surface area contributed by atoms with E-state index in [1.54, 1.807) is 6.92 Å². The summed E-state index contributed by atoms with van der Waals surface area (Å²) < 4.78 is 26.8. The summed E-state index contributed by atoms with van der Waals surface area (Å²) in [5.41, 5.74) is 2.33. The van der Waals surface area contributed by atoms with Crippen molar-refractivity contribution in [2.75, 3.05) is 5.32 Å². The monoisotopic (exact) mass is 267 g/mol. The van der Waals surface area contributed by atoms with Crippen LogP contribution >= 0.6 is 0 Å². The van der Waals surface area contributed by atoms with E-state index in [9.17, 15) is 8.42 Å².